The molecule has 0 radical (unpaired) electrons. The summed E-state index contributed by atoms with van der Waals surface area (Å²) in [5.74, 6) is -1.36. The van der Waals surface area contributed by atoms with Crippen LogP contribution in [0.3, 0.4) is 0 Å². The van der Waals surface area contributed by atoms with Gasteiger partial charge in [-0.2, -0.15) is 0 Å². The Kier molecular flexibility index (Phi) is 3.79. The normalized spacial score (nSPS) is 12.1. The molecular formula is C9H12N2O3S. The molecule has 0 aromatic carbocycles. The lowest BCUT2D eigenvalue weighted by Gasteiger charge is -2.07. The third-order valence-electron chi connectivity index (χ3n) is 1.73. The fourth-order valence-corrected chi connectivity index (χ4v) is 1.75. The van der Waals surface area contributed by atoms with Gasteiger partial charge in [0.1, 0.15) is 11.0 Å². The highest BCUT2D eigenvalue weighted by atomic mass is 32.1. The monoisotopic (exact) mass is 228 g/mol. The van der Waals surface area contributed by atoms with Crippen LogP contribution in [0.1, 0.15) is 17.6 Å². The third kappa shape index (κ3) is 3.67. The number of carboxylic acids is 1. The molecule has 0 aliphatic carbocycles. The number of carboxylic acid groups (broad SMARTS) is 1. The zero-order chi connectivity index (χ0) is 11.4. The van der Waals surface area contributed by atoms with Crippen LogP contribution < -0.4 is 5.32 Å². The van der Waals surface area contributed by atoms with Crippen molar-refractivity contribution in [3.63, 3.8) is 0 Å². The minimum absolute atomic E-state index is 0.135. The average molecular weight is 228 g/mol. The van der Waals surface area contributed by atoms with Crippen molar-refractivity contribution in [1.29, 1.82) is 0 Å². The molecule has 0 aliphatic heterocycles. The summed E-state index contributed by atoms with van der Waals surface area (Å²) in [5.41, 5.74) is 0.870. The number of aromatic nitrogens is 1. The molecule has 0 saturated carbocycles. The highest BCUT2D eigenvalue weighted by Crippen LogP contribution is 2.08. The molecule has 1 aromatic rings. The van der Waals surface area contributed by atoms with Crippen molar-refractivity contribution in [3.8, 4) is 0 Å². The number of thiazole rings is 1. The molecule has 1 rings (SSSR count). The van der Waals surface area contributed by atoms with Gasteiger partial charge in [0.2, 0.25) is 5.91 Å². The number of carbonyl (C=O) groups is 2. The second kappa shape index (κ2) is 4.88. The summed E-state index contributed by atoms with van der Waals surface area (Å²) >= 11 is 1.39. The quantitative estimate of drug-likeness (QED) is 0.790. The number of aryl methyl sites for hydroxylation is 1. The number of hydrogen-bond donors (Lipinski definition) is 2. The standard InChI is InChI=1S/C9H12N2O3S/c1-5-4-15-8(10-5)3-7(12)11-6(2)9(13)14/h4,6H,3H2,1-2H3,(H,11,12)(H,13,14). The second-order valence-corrected chi connectivity index (χ2v) is 4.13. The first-order chi connectivity index (χ1) is 6.99. The van der Waals surface area contributed by atoms with E-state index in [9.17, 15) is 9.59 Å². The molecular weight excluding hydrogens is 216 g/mol. The van der Waals surface area contributed by atoms with Gasteiger partial charge in [-0.1, -0.05) is 0 Å². The van der Waals surface area contributed by atoms with E-state index in [-0.39, 0.29) is 12.3 Å². The van der Waals surface area contributed by atoms with Gasteiger partial charge in [0.25, 0.3) is 0 Å². The lowest BCUT2D eigenvalue weighted by atomic mass is 10.3. The summed E-state index contributed by atoms with van der Waals surface area (Å²) < 4.78 is 0. The molecule has 1 atom stereocenters. The van der Waals surface area contributed by atoms with Gasteiger partial charge < -0.3 is 10.4 Å². The fourth-order valence-electron chi connectivity index (χ4n) is 0.975. The van der Waals surface area contributed by atoms with Crippen LogP contribution in [0.2, 0.25) is 0 Å². The second-order valence-electron chi connectivity index (χ2n) is 3.19. The SMILES string of the molecule is Cc1csc(CC(=O)NC(C)C(=O)O)n1. The highest BCUT2D eigenvalue weighted by molar-refractivity contribution is 7.09. The number of rotatable bonds is 4. The predicted octanol–water partition coefficient (Wildman–Crippen LogP) is 0.583. The number of nitrogens with zero attached hydrogens (tertiary/aromatic N) is 1. The smallest absolute Gasteiger partial charge is 0.325 e. The van der Waals surface area contributed by atoms with Crippen LogP contribution in [0.25, 0.3) is 0 Å². The Bertz CT molecular complexity index is 375. The lowest BCUT2D eigenvalue weighted by Crippen LogP contribution is -2.39. The average Bonchev–Trinajstić information content (AvgIpc) is 2.50. The highest BCUT2D eigenvalue weighted by Gasteiger charge is 2.14. The number of carbonyl (C=O) groups excluding carboxylic acids is 1. The van der Waals surface area contributed by atoms with Crippen LogP contribution in [-0.4, -0.2) is 28.0 Å². The number of hydrogen-bond acceptors (Lipinski definition) is 4. The summed E-state index contributed by atoms with van der Waals surface area (Å²) in [7, 11) is 0. The van der Waals surface area contributed by atoms with Crippen LogP contribution in [0.15, 0.2) is 5.38 Å². The van der Waals surface area contributed by atoms with Crippen molar-refractivity contribution in [2.75, 3.05) is 0 Å². The molecule has 1 aromatic heterocycles. The summed E-state index contributed by atoms with van der Waals surface area (Å²) in [4.78, 5) is 25.9. The Labute approximate surface area is 91.1 Å². The first-order valence-electron chi connectivity index (χ1n) is 4.42. The van der Waals surface area contributed by atoms with Crippen molar-refractivity contribution in [2.45, 2.75) is 26.3 Å². The van der Waals surface area contributed by atoms with Crippen molar-refractivity contribution in [3.05, 3.63) is 16.1 Å². The third-order valence-corrected chi connectivity index (χ3v) is 2.69. The van der Waals surface area contributed by atoms with E-state index in [0.717, 1.165) is 5.69 Å². The first kappa shape index (κ1) is 11.6. The predicted molar refractivity (Wildman–Crippen MR) is 55.8 cm³/mol. The number of aliphatic carboxylic acids is 1. The molecule has 82 valence electrons. The maximum Gasteiger partial charge on any atom is 0.325 e. The van der Waals surface area contributed by atoms with Crippen LogP contribution in [0, 0.1) is 6.92 Å². The Balaban J connectivity index is 2.46. The van der Waals surface area contributed by atoms with E-state index in [0.29, 0.717) is 5.01 Å². The van der Waals surface area contributed by atoms with Crippen LogP contribution >= 0.6 is 11.3 Å². The van der Waals surface area contributed by atoms with E-state index < -0.39 is 12.0 Å². The van der Waals surface area contributed by atoms with Crippen molar-refractivity contribution < 1.29 is 14.7 Å². The summed E-state index contributed by atoms with van der Waals surface area (Å²) in [6.07, 6.45) is 0.135. The van der Waals surface area contributed by atoms with Gasteiger partial charge in [-0.3, -0.25) is 9.59 Å². The molecule has 1 unspecified atom stereocenters. The topological polar surface area (TPSA) is 79.3 Å². The molecule has 5 nitrogen and oxygen atoms in total. The van der Waals surface area contributed by atoms with Crippen molar-refractivity contribution in [1.82, 2.24) is 10.3 Å². The Morgan fingerprint density at radius 2 is 2.33 bits per heavy atom. The fraction of sp³-hybridized carbons (Fsp3) is 0.444. The van der Waals surface area contributed by atoms with Gasteiger partial charge >= 0.3 is 5.97 Å². The van der Waals surface area contributed by atoms with Crippen molar-refractivity contribution >= 4 is 23.2 Å². The number of nitrogens with one attached hydrogen (secondary N) is 1. The van der Waals surface area contributed by atoms with Gasteiger partial charge in [0.15, 0.2) is 0 Å². The summed E-state index contributed by atoms with van der Waals surface area (Å²) in [6, 6.07) is -0.862. The van der Waals surface area contributed by atoms with E-state index in [1.807, 2.05) is 12.3 Å². The molecule has 0 bridgehead atoms. The van der Waals surface area contributed by atoms with E-state index in [1.54, 1.807) is 0 Å². The Morgan fingerprint density at radius 3 is 2.80 bits per heavy atom. The molecule has 6 heteroatoms. The number of amides is 1. The zero-order valence-electron chi connectivity index (χ0n) is 8.48. The maximum absolute atomic E-state index is 11.3. The Morgan fingerprint density at radius 1 is 1.67 bits per heavy atom. The lowest BCUT2D eigenvalue weighted by molar-refractivity contribution is -0.141. The van der Waals surface area contributed by atoms with Crippen LogP contribution in [-0.2, 0) is 16.0 Å². The Hall–Kier alpha value is -1.43. The summed E-state index contributed by atoms with van der Waals surface area (Å²) in [5, 5.41) is 13.5. The summed E-state index contributed by atoms with van der Waals surface area (Å²) in [6.45, 7) is 3.27. The van der Waals surface area contributed by atoms with Gasteiger partial charge in [0.05, 0.1) is 6.42 Å². The zero-order valence-corrected chi connectivity index (χ0v) is 9.30. The molecule has 0 fully saturated rings. The van der Waals surface area contributed by atoms with Gasteiger partial charge in [-0.25, -0.2) is 4.98 Å². The van der Waals surface area contributed by atoms with Gasteiger partial charge in [-0.05, 0) is 13.8 Å². The maximum atomic E-state index is 11.3. The minimum Gasteiger partial charge on any atom is -0.480 e. The van der Waals surface area contributed by atoms with Crippen molar-refractivity contribution in [2.24, 2.45) is 0 Å². The molecule has 1 amide bonds. The van der Waals surface area contributed by atoms with E-state index in [2.05, 4.69) is 10.3 Å². The van der Waals surface area contributed by atoms with E-state index in [1.165, 1.54) is 18.3 Å². The van der Waals surface area contributed by atoms with Gasteiger partial charge in [-0.15, -0.1) is 11.3 Å². The molecule has 0 saturated heterocycles. The van der Waals surface area contributed by atoms with Gasteiger partial charge in [0, 0.05) is 11.1 Å². The van der Waals surface area contributed by atoms with Crippen LogP contribution in [0.5, 0.6) is 0 Å². The van der Waals surface area contributed by atoms with E-state index >= 15 is 0 Å². The minimum atomic E-state index is -1.04. The molecule has 15 heavy (non-hydrogen) atoms. The molecule has 2 N–H and O–H groups in total. The first-order valence-corrected chi connectivity index (χ1v) is 5.30. The van der Waals surface area contributed by atoms with Crippen LogP contribution in [0.4, 0.5) is 0 Å². The molecule has 0 aliphatic rings. The molecule has 0 spiro atoms. The largest absolute Gasteiger partial charge is 0.480 e. The van der Waals surface area contributed by atoms with E-state index in [4.69, 9.17) is 5.11 Å². The molecule has 1 heterocycles.